The number of hydrogen-bond donors (Lipinski definition) is 1. The van der Waals surface area contributed by atoms with E-state index in [1.165, 1.54) is 25.3 Å². The molecule has 1 aliphatic carbocycles. The number of oxazole rings is 1. The number of carboxylic acid groups (broad SMARTS) is 1. The number of nitrogens with zero attached hydrogens (tertiary/aromatic N) is 1. The number of halogens is 3. The molecule has 3 atom stereocenters. The van der Waals surface area contributed by atoms with Crippen LogP contribution in [0.5, 0.6) is 5.75 Å². The van der Waals surface area contributed by atoms with Crippen molar-refractivity contribution in [1.82, 2.24) is 4.98 Å². The fraction of sp³-hybridized carbons (Fsp3) is 0.545. The second-order valence-electron chi connectivity index (χ2n) is 7.72. The summed E-state index contributed by atoms with van der Waals surface area (Å²) < 4.78 is 63.5. The Morgan fingerprint density at radius 2 is 2.00 bits per heavy atom. The Bertz CT molecular complexity index is 931. The normalized spacial score (nSPS) is 19.9. The molecular weight excluding hydrogens is 447 g/mol. The van der Waals surface area contributed by atoms with Crippen molar-refractivity contribution in [1.29, 1.82) is 0 Å². The fourth-order valence-electron chi connectivity index (χ4n) is 3.58. The zero-order chi connectivity index (χ0) is 24.0. The zero-order valence-electron chi connectivity index (χ0n) is 18.3. The van der Waals surface area contributed by atoms with Crippen molar-refractivity contribution in [3.8, 4) is 17.2 Å². The number of methoxy groups -OCH3 is 1. The maximum atomic E-state index is 12.5. The first-order valence-electron chi connectivity index (χ1n) is 10.5. The number of carbonyl (C=O) groups is 1. The first kappa shape index (κ1) is 25.0. The molecule has 3 rings (SSSR count). The first-order valence-corrected chi connectivity index (χ1v) is 10.5. The minimum atomic E-state index is -4.79. The molecule has 1 aliphatic rings. The highest BCUT2D eigenvalue weighted by Crippen LogP contribution is 2.30. The lowest BCUT2D eigenvalue weighted by molar-refractivity contribution is -0.274. The highest BCUT2D eigenvalue weighted by molar-refractivity contribution is 5.72. The molecule has 1 heterocycles. The van der Waals surface area contributed by atoms with Crippen LogP contribution in [0.2, 0.25) is 0 Å². The largest absolute Gasteiger partial charge is 0.573 e. The number of rotatable bonds is 10. The summed E-state index contributed by atoms with van der Waals surface area (Å²) >= 11 is 0. The second kappa shape index (κ2) is 11.0. The molecule has 0 saturated heterocycles. The van der Waals surface area contributed by atoms with Gasteiger partial charge in [0.05, 0.1) is 25.4 Å². The van der Waals surface area contributed by atoms with Crippen molar-refractivity contribution in [2.24, 2.45) is 0 Å². The van der Waals surface area contributed by atoms with E-state index in [2.05, 4.69) is 9.72 Å². The van der Waals surface area contributed by atoms with E-state index >= 15 is 0 Å². The van der Waals surface area contributed by atoms with Crippen molar-refractivity contribution >= 4 is 5.97 Å². The molecule has 182 valence electrons. The topological polar surface area (TPSA) is 100 Å². The predicted octanol–water partition coefficient (Wildman–Crippen LogP) is 4.49. The molecule has 1 aromatic carbocycles. The summed E-state index contributed by atoms with van der Waals surface area (Å²) in [6.45, 7) is 1.84. The van der Waals surface area contributed by atoms with Crippen LogP contribution in [0.3, 0.4) is 0 Å². The van der Waals surface area contributed by atoms with Crippen LogP contribution in [-0.4, -0.2) is 54.5 Å². The van der Waals surface area contributed by atoms with Crippen molar-refractivity contribution in [3.63, 3.8) is 0 Å². The minimum Gasteiger partial charge on any atom is -0.479 e. The standard InChI is InChI=1S/C22H26F3NO7/c1-13-18(26-20(32-13)14-5-3-8-17(9-14)33-22(23,24)25)11-30-15-6-4-7-16(10-15)31-12-19(29-2)21(27)28/h3,5,8-9,15-16,19H,4,6-7,10-12H2,1-2H3,(H,27,28)/t15-,16+,19?/m0/s1. The lowest BCUT2D eigenvalue weighted by Crippen LogP contribution is -2.34. The van der Waals surface area contributed by atoms with E-state index in [9.17, 15) is 18.0 Å². The van der Waals surface area contributed by atoms with Crippen molar-refractivity contribution in [2.45, 2.75) is 63.9 Å². The molecule has 8 nitrogen and oxygen atoms in total. The van der Waals surface area contributed by atoms with E-state index in [1.807, 2.05) is 0 Å². The van der Waals surface area contributed by atoms with Crippen molar-refractivity contribution < 1.29 is 46.4 Å². The molecular formula is C22H26F3NO7. The maximum absolute atomic E-state index is 12.5. The summed E-state index contributed by atoms with van der Waals surface area (Å²) in [5.74, 6) is -0.766. The summed E-state index contributed by atoms with van der Waals surface area (Å²) in [6.07, 6.45) is -2.92. The van der Waals surface area contributed by atoms with Crippen LogP contribution in [0.15, 0.2) is 28.7 Å². The molecule has 0 spiro atoms. The molecule has 33 heavy (non-hydrogen) atoms. The van der Waals surface area contributed by atoms with Gasteiger partial charge in [-0.15, -0.1) is 13.2 Å². The smallest absolute Gasteiger partial charge is 0.479 e. The van der Waals surface area contributed by atoms with E-state index in [4.69, 9.17) is 23.7 Å². The van der Waals surface area contributed by atoms with Gasteiger partial charge in [-0.25, -0.2) is 9.78 Å². The van der Waals surface area contributed by atoms with Crippen molar-refractivity contribution in [2.75, 3.05) is 13.7 Å². The van der Waals surface area contributed by atoms with Gasteiger partial charge in [0.15, 0.2) is 6.10 Å². The van der Waals surface area contributed by atoms with Gasteiger partial charge in [0.25, 0.3) is 0 Å². The van der Waals surface area contributed by atoms with Crippen LogP contribution >= 0.6 is 0 Å². The summed E-state index contributed by atoms with van der Waals surface area (Å²) in [4.78, 5) is 15.4. The average Bonchev–Trinajstić information content (AvgIpc) is 3.12. The van der Waals surface area contributed by atoms with E-state index in [0.29, 0.717) is 23.4 Å². The number of aliphatic carboxylic acids is 1. The maximum Gasteiger partial charge on any atom is 0.573 e. The fourth-order valence-corrected chi connectivity index (χ4v) is 3.58. The third kappa shape index (κ3) is 7.44. The SMILES string of the molecule is COC(CO[C@@H]1CCC[C@H](OCc2nc(-c3cccc(OC(F)(F)F)c3)oc2C)C1)C(=O)O. The summed E-state index contributed by atoms with van der Waals surface area (Å²) in [6, 6.07) is 5.40. The Morgan fingerprint density at radius 1 is 1.27 bits per heavy atom. The molecule has 11 heteroatoms. The average molecular weight is 473 g/mol. The van der Waals surface area contributed by atoms with Gasteiger partial charge in [-0.1, -0.05) is 6.07 Å². The number of benzene rings is 1. The number of alkyl halides is 3. The molecule has 2 aromatic rings. The molecule has 1 saturated carbocycles. The van der Waals surface area contributed by atoms with Crippen LogP contribution in [0.4, 0.5) is 13.2 Å². The third-order valence-corrected chi connectivity index (χ3v) is 5.28. The van der Waals surface area contributed by atoms with E-state index in [-0.39, 0.29) is 37.1 Å². The molecule has 1 unspecified atom stereocenters. The van der Waals surface area contributed by atoms with Gasteiger partial charge in [-0.05, 0) is 50.8 Å². The van der Waals surface area contributed by atoms with E-state index < -0.39 is 18.4 Å². The van der Waals surface area contributed by atoms with Crippen molar-refractivity contribution in [3.05, 3.63) is 35.7 Å². The Morgan fingerprint density at radius 3 is 2.67 bits per heavy atom. The highest BCUT2D eigenvalue weighted by Gasteiger charge is 2.31. The molecule has 1 fully saturated rings. The second-order valence-corrected chi connectivity index (χ2v) is 7.72. The number of aryl methyl sites for hydroxylation is 1. The molecule has 1 N–H and O–H groups in total. The summed E-state index contributed by atoms with van der Waals surface area (Å²) in [5.41, 5.74) is 0.892. The lowest BCUT2D eigenvalue weighted by Gasteiger charge is -2.29. The Hall–Kier alpha value is -2.63. The van der Waals surface area contributed by atoms with Crippen LogP contribution < -0.4 is 4.74 Å². The van der Waals surface area contributed by atoms with Crippen LogP contribution in [-0.2, 0) is 25.6 Å². The van der Waals surface area contributed by atoms with Gasteiger partial charge in [0, 0.05) is 12.7 Å². The quantitative estimate of drug-likeness (QED) is 0.539. The minimum absolute atomic E-state index is 0.0356. The molecule has 0 amide bonds. The van der Waals surface area contributed by atoms with Gasteiger partial charge >= 0.3 is 12.3 Å². The molecule has 0 aliphatic heterocycles. The Kier molecular flexibility index (Phi) is 8.33. The summed E-state index contributed by atoms with van der Waals surface area (Å²) in [5, 5.41) is 9.04. The Balaban J connectivity index is 1.56. The molecule has 1 aromatic heterocycles. The van der Waals surface area contributed by atoms with Crippen LogP contribution in [0.1, 0.15) is 37.1 Å². The van der Waals surface area contributed by atoms with Gasteiger partial charge in [0.1, 0.15) is 17.2 Å². The Labute approximate surface area is 188 Å². The summed E-state index contributed by atoms with van der Waals surface area (Å²) in [7, 11) is 1.32. The van der Waals surface area contributed by atoms with E-state index in [0.717, 1.165) is 19.3 Å². The number of carboxylic acids is 1. The van der Waals surface area contributed by atoms with Crippen LogP contribution in [0, 0.1) is 6.92 Å². The number of hydrogen-bond acceptors (Lipinski definition) is 7. The lowest BCUT2D eigenvalue weighted by atomic mass is 9.95. The predicted molar refractivity (Wildman–Crippen MR) is 109 cm³/mol. The molecule has 0 bridgehead atoms. The highest BCUT2D eigenvalue weighted by atomic mass is 19.4. The van der Waals surface area contributed by atoms with Gasteiger partial charge in [-0.3, -0.25) is 0 Å². The van der Waals surface area contributed by atoms with Gasteiger partial charge in [0.2, 0.25) is 5.89 Å². The van der Waals surface area contributed by atoms with Gasteiger partial charge < -0.3 is 28.5 Å². The number of ether oxygens (including phenoxy) is 4. The number of aromatic nitrogens is 1. The zero-order valence-corrected chi connectivity index (χ0v) is 18.3. The monoisotopic (exact) mass is 473 g/mol. The first-order chi connectivity index (χ1) is 15.6. The van der Waals surface area contributed by atoms with Crippen LogP contribution in [0.25, 0.3) is 11.5 Å². The van der Waals surface area contributed by atoms with Gasteiger partial charge in [-0.2, -0.15) is 0 Å². The van der Waals surface area contributed by atoms with E-state index in [1.54, 1.807) is 13.0 Å². The molecule has 0 radical (unpaired) electrons. The third-order valence-electron chi connectivity index (χ3n) is 5.28.